The maximum atomic E-state index is 2.55. The molecule has 2 aromatic rings. The number of nitrogens with zero attached hydrogens (tertiary/aromatic N) is 2. The van der Waals surface area contributed by atoms with Crippen molar-refractivity contribution in [2.45, 2.75) is 22.6 Å². The van der Waals surface area contributed by atoms with E-state index in [0.717, 1.165) is 12.5 Å². The summed E-state index contributed by atoms with van der Waals surface area (Å²) in [6.07, 6.45) is 2.67. The molecular formula is C19H23ClN2S. The van der Waals surface area contributed by atoms with Gasteiger partial charge in [-0.15, -0.1) is 12.4 Å². The topological polar surface area (TPSA) is 6.48 Å². The lowest BCUT2D eigenvalue weighted by atomic mass is 9.97. The van der Waals surface area contributed by atoms with Crippen molar-refractivity contribution in [3.8, 4) is 0 Å². The zero-order valence-corrected chi connectivity index (χ0v) is 15.1. The van der Waals surface area contributed by atoms with E-state index in [0.29, 0.717) is 0 Å². The number of para-hydroxylation sites is 2. The third-order valence-electron chi connectivity index (χ3n) is 4.69. The van der Waals surface area contributed by atoms with E-state index in [9.17, 15) is 0 Å². The van der Waals surface area contributed by atoms with Gasteiger partial charge >= 0.3 is 0 Å². The second kappa shape index (κ2) is 7.16. The van der Waals surface area contributed by atoms with Crippen LogP contribution in [0.1, 0.15) is 12.8 Å². The van der Waals surface area contributed by atoms with Crippen LogP contribution in [-0.4, -0.2) is 31.6 Å². The Morgan fingerprint density at radius 2 is 1.61 bits per heavy atom. The lowest BCUT2D eigenvalue weighted by Crippen LogP contribution is -2.38. The fourth-order valence-corrected chi connectivity index (χ4v) is 4.75. The van der Waals surface area contributed by atoms with Gasteiger partial charge in [0.25, 0.3) is 0 Å². The van der Waals surface area contributed by atoms with Gasteiger partial charge < -0.3 is 9.80 Å². The van der Waals surface area contributed by atoms with Gasteiger partial charge in [0.1, 0.15) is 0 Å². The second-order valence-electron chi connectivity index (χ2n) is 6.42. The average Bonchev–Trinajstić information content (AvgIpc) is 2.55. The number of piperidine rings is 1. The minimum absolute atomic E-state index is 0. The Bertz CT molecular complexity index is 630. The molecule has 23 heavy (non-hydrogen) atoms. The molecule has 122 valence electrons. The van der Waals surface area contributed by atoms with E-state index in [1.807, 2.05) is 11.8 Å². The Balaban J connectivity index is 0.00000156. The Morgan fingerprint density at radius 3 is 2.22 bits per heavy atom. The number of halogens is 1. The van der Waals surface area contributed by atoms with E-state index >= 15 is 0 Å². The highest BCUT2D eigenvalue weighted by molar-refractivity contribution is 7.99. The molecule has 0 radical (unpaired) electrons. The highest BCUT2D eigenvalue weighted by Crippen LogP contribution is 2.48. The van der Waals surface area contributed by atoms with Crippen molar-refractivity contribution in [2.75, 3.05) is 31.6 Å². The van der Waals surface area contributed by atoms with Crippen LogP contribution in [0.15, 0.2) is 58.3 Å². The predicted molar refractivity (Wildman–Crippen MR) is 101 cm³/mol. The summed E-state index contributed by atoms with van der Waals surface area (Å²) in [5.41, 5.74) is 2.75. The number of likely N-dealkylation sites (tertiary alicyclic amines) is 1. The first-order chi connectivity index (χ1) is 10.8. The average molecular weight is 347 g/mol. The zero-order valence-electron chi connectivity index (χ0n) is 13.4. The van der Waals surface area contributed by atoms with Crippen LogP contribution in [0.5, 0.6) is 0 Å². The second-order valence-corrected chi connectivity index (χ2v) is 7.50. The normalized spacial score (nSPS) is 20.4. The smallest absolute Gasteiger partial charge is 0.0552 e. The summed E-state index contributed by atoms with van der Waals surface area (Å²) in [7, 11) is 2.25. The van der Waals surface area contributed by atoms with Gasteiger partial charge in [-0.2, -0.15) is 0 Å². The Kier molecular flexibility index (Phi) is 5.20. The van der Waals surface area contributed by atoms with Crippen molar-refractivity contribution in [3.05, 3.63) is 48.5 Å². The first-order valence-electron chi connectivity index (χ1n) is 8.13. The van der Waals surface area contributed by atoms with Crippen LogP contribution >= 0.6 is 24.2 Å². The lowest BCUT2D eigenvalue weighted by molar-refractivity contribution is 0.214. The fourth-order valence-electron chi connectivity index (χ4n) is 3.66. The first-order valence-corrected chi connectivity index (χ1v) is 8.95. The number of hydrogen-bond acceptors (Lipinski definition) is 3. The van der Waals surface area contributed by atoms with Crippen molar-refractivity contribution in [1.29, 1.82) is 0 Å². The third-order valence-corrected chi connectivity index (χ3v) is 5.83. The van der Waals surface area contributed by atoms with E-state index in [-0.39, 0.29) is 12.4 Å². The van der Waals surface area contributed by atoms with Crippen molar-refractivity contribution in [2.24, 2.45) is 5.92 Å². The zero-order chi connectivity index (χ0) is 14.9. The quantitative estimate of drug-likeness (QED) is 0.751. The first kappa shape index (κ1) is 16.7. The van der Waals surface area contributed by atoms with Gasteiger partial charge in [0.15, 0.2) is 0 Å². The number of anilines is 2. The molecular weight excluding hydrogens is 324 g/mol. The predicted octanol–water partition coefficient (Wildman–Crippen LogP) is 5.05. The number of fused-ring (bicyclic) bond motifs is 2. The lowest BCUT2D eigenvalue weighted by Gasteiger charge is -2.38. The van der Waals surface area contributed by atoms with Crippen LogP contribution in [0.25, 0.3) is 0 Å². The summed E-state index contributed by atoms with van der Waals surface area (Å²) < 4.78 is 0. The minimum atomic E-state index is 0. The molecule has 0 bridgehead atoms. The van der Waals surface area contributed by atoms with Crippen LogP contribution in [-0.2, 0) is 0 Å². The molecule has 1 fully saturated rings. The highest BCUT2D eigenvalue weighted by atomic mass is 35.5. The van der Waals surface area contributed by atoms with Crippen molar-refractivity contribution < 1.29 is 0 Å². The van der Waals surface area contributed by atoms with E-state index in [1.54, 1.807) is 0 Å². The van der Waals surface area contributed by atoms with Gasteiger partial charge in [-0.25, -0.2) is 0 Å². The number of benzene rings is 2. The molecule has 4 heteroatoms. The van der Waals surface area contributed by atoms with Gasteiger partial charge in [0.2, 0.25) is 0 Å². The molecule has 0 saturated carbocycles. The van der Waals surface area contributed by atoms with Crippen LogP contribution in [0.2, 0.25) is 0 Å². The highest BCUT2D eigenvalue weighted by Gasteiger charge is 2.26. The fraction of sp³-hybridized carbons (Fsp3) is 0.368. The van der Waals surface area contributed by atoms with Crippen molar-refractivity contribution in [3.63, 3.8) is 0 Å². The van der Waals surface area contributed by atoms with Gasteiger partial charge in [0, 0.05) is 22.9 Å². The van der Waals surface area contributed by atoms with E-state index in [2.05, 4.69) is 65.4 Å². The monoisotopic (exact) mass is 346 g/mol. The van der Waals surface area contributed by atoms with Crippen LogP contribution in [0.4, 0.5) is 11.4 Å². The van der Waals surface area contributed by atoms with Crippen LogP contribution in [0.3, 0.4) is 0 Å². The molecule has 0 aliphatic carbocycles. The minimum Gasteiger partial charge on any atom is -0.339 e. The molecule has 1 atom stereocenters. The molecule has 2 heterocycles. The van der Waals surface area contributed by atoms with Gasteiger partial charge in [-0.05, 0) is 56.6 Å². The third kappa shape index (κ3) is 3.37. The molecule has 0 amide bonds. The molecule has 0 spiro atoms. The summed E-state index contributed by atoms with van der Waals surface area (Å²) in [5.74, 6) is 0.753. The Labute approximate surface area is 149 Å². The summed E-state index contributed by atoms with van der Waals surface area (Å²) in [4.78, 5) is 7.78. The van der Waals surface area contributed by atoms with Crippen molar-refractivity contribution in [1.82, 2.24) is 4.90 Å². The van der Waals surface area contributed by atoms with E-state index in [1.165, 1.54) is 47.1 Å². The molecule has 1 saturated heterocycles. The summed E-state index contributed by atoms with van der Waals surface area (Å²) in [5, 5.41) is 0. The van der Waals surface area contributed by atoms with Crippen molar-refractivity contribution >= 4 is 35.5 Å². The maximum absolute atomic E-state index is 2.55. The molecule has 2 aromatic carbocycles. The van der Waals surface area contributed by atoms with Crippen LogP contribution in [0, 0.1) is 5.92 Å². The molecule has 0 N–H and O–H groups in total. The summed E-state index contributed by atoms with van der Waals surface area (Å²) in [6, 6.07) is 17.6. The molecule has 4 rings (SSSR count). The number of hydrogen-bond donors (Lipinski definition) is 0. The molecule has 2 aliphatic heterocycles. The van der Waals surface area contributed by atoms with Gasteiger partial charge in [-0.3, -0.25) is 0 Å². The molecule has 0 unspecified atom stereocenters. The molecule has 2 nitrogen and oxygen atoms in total. The van der Waals surface area contributed by atoms with Crippen LogP contribution < -0.4 is 4.90 Å². The largest absolute Gasteiger partial charge is 0.339 e. The van der Waals surface area contributed by atoms with E-state index in [4.69, 9.17) is 0 Å². The van der Waals surface area contributed by atoms with Gasteiger partial charge in [-0.1, -0.05) is 36.0 Å². The summed E-state index contributed by atoms with van der Waals surface area (Å²) >= 11 is 1.90. The Morgan fingerprint density at radius 1 is 1.00 bits per heavy atom. The maximum Gasteiger partial charge on any atom is 0.0552 e. The Hall–Kier alpha value is -1.16. The van der Waals surface area contributed by atoms with E-state index < -0.39 is 0 Å². The SMILES string of the molecule is CN1CCC[C@@H](CN2c3ccccc3Sc3ccccc32)C1.Cl. The standard InChI is InChI=1S/C19H22N2S.ClH/c1-20-12-6-7-15(13-20)14-21-16-8-2-4-10-18(16)22-19-11-5-3-9-17(19)21;/h2-5,8-11,15H,6-7,12-14H2,1H3;1H/t15-;/m1./s1. The molecule has 0 aromatic heterocycles. The summed E-state index contributed by atoms with van der Waals surface area (Å²) in [6.45, 7) is 3.59. The van der Waals surface area contributed by atoms with Gasteiger partial charge in [0.05, 0.1) is 11.4 Å². The molecule has 2 aliphatic rings. The number of rotatable bonds is 2.